The summed E-state index contributed by atoms with van der Waals surface area (Å²) in [7, 11) is 2.28. The lowest BCUT2D eigenvalue weighted by atomic mass is 9.82. The topological polar surface area (TPSA) is 12.0 Å². The first-order chi connectivity index (χ1) is 3.80. The number of rotatable bonds is 1. The van der Waals surface area contributed by atoms with Crippen LogP contribution in [-0.4, -0.2) is 20.4 Å². The zero-order chi connectivity index (χ0) is 5.98. The molecule has 0 bridgehead atoms. The van der Waals surface area contributed by atoms with E-state index in [1.54, 1.807) is 0 Å². The molecule has 2 atom stereocenters. The van der Waals surface area contributed by atoms with E-state index >= 15 is 0 Å². The second kappa shape index (κ2) is 2.54. The van der Waals surface area contributed by atoms with Gasteiger partial charge in [0.1, 0.15) is 7.85 Å². The van der Waals surface area contributed by atoms with Gasteiger partial charge in [-0.05, 0) is 19.4 Å². The Balaban J connectivity index is 2.24. The van der Waals surface area contributed by atoms with Crippen molar-refractivity contribution < 1.29 is 0 Å². The standard InChI is InChI=1S/C6H14BN/c1-5(7)6-3-2-4-8-6/h5-6,8H,2-4,7H2,1H3/t5?,6-/m0/s1. The number of nitrogens with one attached hydrogen (secondary N) is 1. The second-order valence-electron chi connectivity index (χ2n) is 2.95. The van der Waals surface area contributed by atoms with E-state index < -0.39 is 0 Å². The molecule has 2 heteroatoms. The van der Waals surface area contributed by atoms with Crippen LogP contribution in [0.1, 0.15) is 19.8 Å². The number of hydrogen-bond donors (Lipinski definition) is 1. The molecule has 46 valence electrons. The van der Waals surface area contributed by atoms with E-state index in [0.29, 0.717) is 0 Å². The van der Waals surface area contributed by atoms with Crippen molar-refractivity contribution in [3.63, 3.8) is 0 Å². The van der Waals surface area contributed by atoms with E-state index in [1.807, 2.05) is 0 Å². The molecule has 1 rings (SSSR count). The van der Waals surface area contributed by atoms with Crippen LogP contribution in [0.5, 0.6) is 0 Å². The van der Waals surface area contributed by atoms with Crippen molar-refractivity contribution in [1.29, 1.82) is 0 Å². The average Bonchev–Trinajstić information content (AvgIpc) is 2.12. The minimum Gasteiger partial charge on any atom is -0.314 e. The van der Waals surface area contributed by atoms with Crippen LogP contribution in [-0.2, 0) is 0 Å². The summed E-state index contributed by atoms with van der Waals surface area (Å²) in [6.07, 6.45) is 2.76. The molecule has 0 aromatic rings. The predicted octanol–water partition coefficient (Wildman–Crippen LogP) is 0.180. The molecular formula is C6H14BN. The highest BCUT2D eigenvalue weighted by Crippen LogP contribution is 2.14. The molecule has 0 spiro atoms. The first-order valence-electron chi connectivity index (χ1n) is 3.54. The summed E-state index contributed by atoms with van der Waals surface area (Å²) in [5.74, 6) is 0.831. The van der Waals surface area contributed by atoms with E-state index in [9.17, 15) is 0 Å². The molecule has 1 saturated heterocycles. The van der Waals surface area contributed by atoms with Gasteiger partial charge in [-0.1, -0.05) is 12.7 Å². The van der Waals surface area contributed by atoms with Crippen molar-refractivity contribution in [3.05, 3.63) is 0 Å². The zero-order valence-electron chi connectivity index (χ0n) is 5.78. The quantitative estimate of drug-likeness (QED) is 0.476. The summed E-state index contributed by atoms with van der Waals surface area (Å²) in [5, 5.41) is 3.46. The van der Waals surface area contributed by atoms with E-state index in [4.69, 9.17) is 0 Å². The van der Waals surface area contributed by atoms with E-state index in [1.165, 1.54) is 19.4 Å². The van der Waals surface area contributed by atoms with Gasteiger partial charge in [-0.25, -0.2) is 0 Å². The molecular weight excluding hydrogens is 96.9 g/mol. The molecule has 0 saturated carbocycles. The molecule has 1 nitrogen and oxygen atoms in total. The van der Waals surface area contributed by atoms with Gasteiger partial charge < -0.3 is 5.32 Å². The van der Waals surface area contributed by atoms with Gasteiger partial charge in [-0.3, -0.25) is 0 Å². The van der Waals surface area contributed by atoms with Gasteiger partial charge >= 0.3 is 0 Å². The maximum atomic E-state index is 3.46. The Morgan fingerprint density at radius 3 is 2.75 bits per heavy atom. The fourth-order valence-corrected chi connectivity index (χ4v) is 1.28. The lowest BCUT2D eigenvalue weighted by Gasteiger charge is -2.12. The zero-order valence-corrected chi connectivity index (χ0v) is 5.78. The summed E-state index contributed by atoms with van der Waals surface area (Å²) >= 11 is 0. The molecule has 1 unspecified atom stereocenters. The Morgan fingerprint density at radius 2 is 2.50 bits per heavy atom. The van der Waals surface area contributed by atoms with Gasteiger partial charge in [0.25, 0.3) is 0 Å². The molecule has 1 heterocycles. The third-order valence-electron chi connectivity index (χ3n) is 1.90. The van der Waals surface area contributed by atoms with Crippen LogP contribution in [0, 0.1) is 0 Å². The van der Waals surface area contributed by atoms with Crippen molar-refractivity contribution in [3.8, 4) is 0 Å². The van der Waals surface area contributed by atoms with Crippen LogP contribution < -0.4 is 5.32 Å². The van der Waals surface area contributed by atoms with Crippen molar-refractivity contribution in [2.75, 3.05) is 6.54 Å². The van der Waals surface area contributed by atoms with Crippen molar-refractivity contribution in [2.24, 2.45) is 0 Å². The predicted molar refractivity (Wildman–Crippen MR) is 39.0 cm³/mol. The first kappa shape index (κ1) is 6.15. The molecule has 0 aromatic heterocycles. The van der Waals surface area contributed by atoms with Crippen LogP contribution in [0.15, 0.2) is 0 Å². The molecule has 1 aliphatic heterocycles. The van der Waals surface area contributed by atoms with Gasteiger partial charge in [-0.2, -0.15) is 0 Å². The van der Waals surface area contributed by atoms with Gasteiger partial charge in [-0.15, -0.1) is 0 Å². The Kier molecular flexibility index (Phi) is 1.95. The minimum absolute atomic E-state index is 0.815. The van der Waals surface area contributed by atoms with Crippen LogP contribution in [0.3, 0.4) is 0 Å². The van der Waals surface area contributed by atoms with E-state index in [0.717, 1.165) is 11.9 Å². The minimum atomic E-state index is 0.815. The summed E-state index contributed by atoms with van der Waals surface area (Å²) in [6, 6.07) is 0.815. The highest BCUT2D eigenvalue weighted by Gasteiger charge is 2.16. The SMILES string of the molecule is BC(C)[C@@H]1CCCN1. The van der Waals surface area contributed by atoms with E-state index in [2.05, 4.69) is 20.1 Å². The Morgan fingerprint density at radius 1 is 1.75 bits per heavy atom. The Labute approximate surface area is 52.3 Å². The highest BCUT2D eigenvalue weighted by molar-refractivity contribution is 6.11. The Hall–Kier alpha value is 0.0249. The second-order valence-corrected chi connectivity index (χ2v) is 2.95. The molecule has 1 aliphatic rings. The fourth-order valence-electron chi connectivity index (χ4n) is 1.28. The smallest absolute Gasteiger partial charge is 0.107 e. The average molecular weight is 111 g/mol. The van der Waals surface area contributed by atoms with Gasteiger partial charge in [0, 0.05) is 6.04 Å². The fraction of sp³-hybridized carbons (Fsp3) is 1.00. The van der Waals surface area contributed by atoms with E-state index in [-0.39, 0.29) is 0 Å². The monoisotopic (exact) mass is 111 g/mol. The summed E-state index contributed by atoms with van der Waals surface area (Å²) < 4.78 is 0. The maximum Gasteiger partial charge on any atom is 0.107 e. The normalized spacial score (nSPS) is 32.9. The molecule has 0 amide bonds. The molecule has 0 radical (unpaired) electrons. The molecule has 0 aromatic carbocycles. The summed E-state index contributed by atoms with van der Waals surface area (Å²) in [4.78, 5) is 0. The maximum absolute atomic E-state index is 3.46. The van der Waals surface area contributed by atoms with Crippen molar-refractivity contribution >= 4 is 7.85 Å². The van der Waals surface area contributed by atoms with Crippen LogP contribution in [0.2, 0.25) is 5.82 Å². The lowest BCUT2D eigenvalue weighted by molar-refractivity contribution is 0.587. The number of hydrogen-bond acceptors (Lipinski definition) is 1. The first-order valence-corrected chi connectivity index (χ1v) is 3.54. The third kappa shape index (κ3) is 1.25. The lowest BCUT2D eigenvalue weighted by Crippen LogP contribution is -2.24. The summed E-state index contributed by atoms with van der Waals surface area (Å²) in [6.45, 7) is 3.52. The Bertz CT molecular complexity index is 66.9. The van der Waals surface area contributed by atoms with Gasteiger partial charge in [0.05, 0.1) is 0 Å². The third-order valence-corrected chi connectivity index (χ3v) is 1.90. The molecule has 0 aliphatic carbocycles. The van der Waals surface area contributed by atoms with Gasteiger partial charge in [0.2, 0.25) is 0 Å². The molecule has 1 fully saturated rings. The molecule has 1 N–H and O–H groups in total. The van der Waals surface area contributed by atoms with Gasteiger partial charge in [0.15, 0.2) is 0 Å². The van der Waals surface area contributed by atoms with Crippen LogP contribution in [0.25, 0.3) is 0 Å². The van der Waals surface area contributed by atoms with Crippen LogP contribution >= 0.6 is 0 Å². The highest BCUT2D eigenvalue weighted by atomic mass is 14.9. The molecule has 8 heavy (non-hydrogen) atoms. The van der Waals surface area contributed by atoms with Crippen LogP contribution in [0.4, 0.5) is 0 Å². The summed E-state index contributed by atoms with van der Waals surface area (Å²) in [5.41, 5.74) is 0. The van der Waals surface area contributed by atoms with Crippen molar-refractivity contribution in [2.45, 2.75) is 31.6 Å². The largest absolute Gasteiger partial charge is 0.314 e. The van der Waals surface area contributed by atoms with Crippen molar-refractivity contribution in [1.82, 2.24) is 5.32 Å².